The zero-order valence-corrected chi connectivity index (χ0v) is 11.6. The number of hydrogen-bond acceptors (Lipinski definition) is 5. The van der Waals surface area contributed by atoms with Gasteiger partial charge in [0.05, 0.1) is 18.4 Å². The van der Waals surface area contributed by atoms with Crippen molar-refractivity contribution in [1.29, 1.82) is 0 Å². The van der Waals surface area contributed by atoms with Crippen molar-refractivity contribution in [3.05, 3.63) is 59.2 Å². The maximum Gasteiger partial charge on any atom is 0.339 e. The zero-order chi connectivity index (χ0) is 14.4. The summed E-state index contributed by atoms with van der Waals surface area (Å²) in [5.74, 6) is -0.371. The zero-order valence-electron chi connectivity index (χ0n) is 11.6. The van der Waals surface area contributed by atoms with Gasteiger partial charge in [-0.2, -0.15) is 0 Å². The molecule has 0 bridgehead atoms. The minimum Gasteiger partial charge on any atom is -0.465 e. The number of nitrogens with one attached hydrogen (secondary N) is 1. The second-order valence-corrected chi connectivity index (χ2v) is 4.44. The summed E-state index contributed by atoms with van der Waals surface area (Å²) in [6, 6.07) is 5.53. The molecule has 2 rings (SSSR count). The number of carbonyl (C=O) groups excluding carboxylic acids is 1. The van der Waals surface area contributed by atoms with Gasteiger partial charge in [-0.1, -0.05) is 0 Å². The van der Waals surface area contributed by atoms with Crippen LogP contribution in [0.25, 0.3) is 0 Å². The summed E-state index contributed by atoms with van der Waals surface area (Å²) < 4.78 is 4.63. The average molecular weight is 271 g/mol. The molecule has 2 aromatic heterocycles. The number of aromatic nitrogens is 2. The standard InChI is InChI=1S/C15H17N3O2/c1-11-7-16-6-5-12(11)8-17-10-14-4-3-13(9-18-14)15(19)20-2/h3-7,9,17H,8,10H2,1-2H3. The van der Waals surface area contributed by atoms with Gasteiger partial charge >= 0.3 is 5.97 Å². The molecule has 0 atom stereocenters. The van der Waals surface area contributed by atoms with Crippen molar-refractivity contribution in [3.8, 4) is 0 Å². The Morgan fingerprint density at radius 1 is 1.25 bits per heavy atom. The first-order valence-electron chi connectivity index (χ1n) is 6.34. The molecule has 0 spiro atoms. The largest absolute Gasteiger partial charge is 0.465 e. The van der Waals surface area contributed by atoms with E-state index in [-0.39, 0.29) is 5.97 Å². The maximum atomic E-state index is 11.3. The van der Waals surface area contributed by atoms with Crippen molar-refractivity contribution in [2.45, 2.75) is 20.0 Å². The Kier molecular flexibility index (Phi) is 4.79. The number of nitrogens with zero attached hydrogens (tertiary/aromatic N) is 2. The minimum atomic E-state index is -0.371. The lowest BCUT2D eigenvalue weighted by Gasteiger charge is -2.07. The van der Waals surface area contributed by atoms with Gasteiger partial charge in [0, 0.05) is 31.7 Å². The third kappa shape index (κ3) is 3.61. The molecule has 0 radical (unpaired) electrons. The van der Waals surface area contributed by atoms with Crippen molar-refractivity contribution in [2.24, 2.45) is 0 Å². The van der Waals surface area contributed by atoms with E-state index in [1.165, 1.54) is 18.9 Å². The van der Waals surface area contributed by atoms with E-state index in [0.717, 1.165) is 17.8 Å². The highest BCUT2D eigenvalue weighted by Gasteiger charge is 2.05. The lowest BCUT2D eigenvalue weighted by Crippen LogP contribution is -2.14. The van der Waals surface area contributed by atoms with E-state index in [4.69, 9.17) is 0 Å². The first-order chi connectivity index (χ1) is 9.70. The number of rotatable bonds is 5. The van der Waals surface area contributed by atoms with Gasteiger partial charge in [0.15, 0.2) is 0 Å². The second-order valence-electron chi connectivity index (χ2n) is 4.44. The normalized spacial score (nSPS) is 10.3. The summed E-state index contributed by atoms with van der Waals surface area (Å²) in [5, 5.41) is 3.32. The van der Waals surface area contributed by atoms with Crippen LogP contribution < -0.4 is 5.32 Å². The van der Waals surface area contributed by atoms with Crippen LogP contribution in [0.2, 0.25) is 0 Å². The molecule has 0 saturated carbocycles. The molecule has 0 unspecified atom stereocenters. The molecule has 0 aliphatic carbocycles. The van der Waals surface area contributed by atoms with Gasteiger partial charge < -0.3 is 10.1 Å². The number of aryl methyl sites for hydroxylation is 1. The number of pyridine rings is 2. The predicted molar refractivity (Wildman–Crippen MR) is 75.1 cm³/mol. The Hall–Kier alpha value is -2.27. The van der Waals surface area contributed by atoms with E-state index in [9.17, 15) is 4.79 Å². The van der Waals surface area contributed by atoms with E-state index in [0.29, 0.717) is 12.1 Å². The van der Waals surface area contributed by atoms with Crippen LogP contribution in [0.3, 0.4) is 0 Å². The Labute approximate surface area is 118 Å². The Bertz CT molecular complexity index is 582. The summed E-state index contributed by atoms with van der Waals surface area (Å²) in [6.45, 7) is 3.44. The van der Waals surface area contributed by atoms with Crippen molar-refractivity contribution in [3.63, 3.8) is 0 Å². The van der Waals surface area contributed by atoms with Gasteiger partial charge in [0.25, 0.3) is 0 Å². The predicted octanol–water partition coefficient (Wildman–Crippen LogP) is 1.86. The van der Waals surface area contributed by atoms with Gasteiger partial charge in [-0.15, -0.1) is 0 Å². The van der Waals surface area contributed by atoms with Crippen LogP contribution in [0.4, 0.5) is 0 Å². The molecule has 5 heteroatoms. The minimum absolute atomic E-state index is 0.371. The Balaban J connectivity index is 1.88. The second kappa shape index (κ2) is 6.77. The number of ether oxygens (including phenoxy) is 1. The number of carbonyl (C=O) groups is 1. The molecule has 0 aliphatic heterocycles. The van der Waals surface area contributed by atoms with Gasteiger partial charge in [0.2, 0.25) is 0 Å². The lowest BCUT2D eigenvalue weighted by atomic mass is 10.1. The molecule has 104 valence electrons. The molecule has 0 fully saturated rings. The van der Waals surface area contributed by atoms with Crippen LogP contribution in [0.1, 0.15) is 27.2 Å². The fraction of sp³-hybridized carbons (Fsp3) is 0.267. The third-order valence-electron chi connectivity index (χ3n) is 3.00. The van der Waals surface area contributed by atoms with Crippen LogP contribution in [-0.4, -0.2) is 23.0 Å². The van der Waals surface area contributed by atoms with Crippen molar-refractivity contribution in [2.75, 3.05) is 7.11 Å². The van der Waals surface area contributed by atoms with Crippen LogP contribution in [0, 0.1) is 6.92 Å². The topological polar surface area (TPSA) is 64.1 Å². The lowest BCUT2D eigenvalue weighted by molar-refractivity contribution is 0.0600. The molecular formula is C15H17N3O2. The summed E-state index contributed by atoms with van der Waals surface area (Å²) in [6.07, 6.45) is 5.16. The van der Waals surface area contributed by atoms with E-state index in [2.05, 4.69) is 20.0 Å². The summed E-state index contributed by atoms with van der Waals surface area (Å²) in [4.78, 5) is 19.6. The monoisotopic (exact) mass is 271 g/mol. The molecule has 2 aromatic rings. The first kappa shape index (κ1) is 14.1. The van der Waals surface area contributed by atoms with Crippen LogP contribution in [0.5, 0.6) is 0 Å². The highest BCUT2D eigenvalue weighted by molar-refractivity contribution is 5.88. The highest BCUT2D eigenvalue weighted by Crippen LogP contribution is 2.05. The number of esters is 1. The summed E-state index contributed by atoms with van der Waals surface area (Å²) in [5.41, 5.74) is 3.71. The average Bonchev–Trinajstić information content (AvgIpc) is 2.49. The van der Waals surface area contributed by atoms with Crippen molar-refractivity contribution >= 4 is 5.97 Å². The highest BCUT2D eigenvalue weighted by atomic mass is 16.5. The maximum absolute atomic E-state index is 11.3. The van der Waals surface area contributed by atoms with Crippen LogP contribution >= 0.6 is 0 Å². The fourth-order valence-corrected chi connectivity index (χ4v) is 1.79. The Morgan fingerprint density at radius 2 is 2.10 bits per heavy atom. The third-order valence-corrected chi connectivity index (χ3v) is 3.00. The molecule has 0 saturated heterocycles. The molecule has 1 N–H and O–H groups in total. The quantitative estimate of drug-likeness (QED) is 0.841. The first-order valence-corrected chi connectivity index (χ1v) is 6.34. The van der Waals surface area contributed by atoms with E-state index >= 15 is 0 Å². The van der Waals surface area contributed by atoms with Gasteiger partial charge in [-0.3, -0.25) is 9.97 Å². The van der Waals surface area contributed by atoms with Gasteiger partial charge in [-0.25, -0.2) is 4.79 Å². The van der Waals surface area contributed by atoms with Crippen molar-refractivity contribution < 1.29 is 9.53 Å². The molecular weight excluding hydrogens is 254 g/mol. The van der Waals surface area contributed by atoms with E-state index in [1.807, 2.05) is 25.3 Å². The molecule has 0 amide bonds. The molecule has 0 aliphatic rings. The summed E-state index contributed by atoms with van der Waals surface area (Å²) in [7, 11) is 1.36. The van der Waals surface area contributed by atoms with E-state index < -0.39 is 0 Å². The summed E-state index contributed by atoms with van der Waals surface area (Å²) >= 11 is 0. The molecule has 2 heterocycles. The molecule has 0 aromatic carbocycles. The van der Waals surface area contributed by atoms with Gasteiger partial charge in [0.1, 0.15) is 0 Å². The van der Waals surface area contributed by atoms with Gasteiger partial charge in [-0.05, 0) is 36.2 Å². The number of hydrogen-bond donors (Lipinski definition) is 1. The number of methoxy groups -OCH3 is 1. The van der Waals surface area contributed by atoms with E-state index in [1.54, 1.807) is 12.3 Å². The smallest absolute Gasteiger partial charge is 0.339 e. The van der Waals surface area contributed by atoms with Crippen molar-refractivity contribution in [1.82, 2.24) is 15.3 Å². The molecule has 20 heavy (non-hydrogen) atoms. The fourth-order valence-electron chi connectivity index (χ4n) is 1.79. The Morgan fingerprint density at radius 3 is 2.75 bits per heavy atom. The van der Waals surface area contributed by atoms with Crippen LogP contribution in [0.15, 0.2) is 36.8 Å². The SMILES string of the molecule is COC(=O)c1ccc(CNCc2ccncc2C)nc1. The molecule has 5 nitrogen and oxygen atoms in total. The van der Waals surface area contributed by atoms with Crippen LogP contribution in [-0.2, 0) is 17.8 Å².